The Morgan fingerprint density at radius 3 is 1.70 bits per heavy atom. The number of hydrogen-bond donors (Lipinski definition) is 0. The molecule has 0 atom stereocenters. The van der Waals surface area contributed by atoms with E-state index in [9.17, 15) is 24.0 Å². The van der Waals surface area contributed by atoms with E-state index in [1.165, 1.54) is 35.5 Å². The number of carbonyl (C=O) groups is 5. The molecule has 264 valence electrons. The first kappa shape index (κ1) is 37.1. The van der Waals surface area contributed by atoms with Gasteiger partial charge in [0.15, 0.2) is 0 Å². The number of esters is 4. The highest BCUT2D eigenvalue weighted by molar-refractivity contribution is 8.26. The molecule has 1 amide bonds. The predicted molar refractivity (Wildman–Crippen MR) is 194 cm³/mol. The molecule has 5 rings (SSSR count). The van der Waals surface area contributed by atoms with Crippen LogP contribution in [0.25, 0.3) is 5.57 Å². The fourth-order valence-corrected chi connectivity index (χ4v) is 11.1. The van der Waals surface area contributed by atoms with Crippen molar-refractivity contribution >= 4 is 76.3 Å². The Bertz CT molecular complexity index is 1890. The summed E-state index contributed by atoms with van der Waals surface area (Å²) >= 11 is 2.69. The average Bonchev–Trinajstić information content (AvgIpc) is 3.49. The summed E-state index contributed by atoms with van der Waals surface area (Å²) < 4.78 is 24.7. The molecule has 2 aromatic rings. The van der Waals surface area contributed by atoms with Crippen LogP contribution in [-0.4, -0.2) is 75.0 Å². The van der Waals surface area contributed by atoms with Gasteiger partial charge >= 0.3 is 23.9 Å². The standard InChI is InChI=1S/C36H37NO10S3/c1-34(2,3)19-16-14-18(15-17-19)29(38)37-24-20(12-11-13-21(24)43-6)22-28(35(37,4)5)48-25(31(40)45-8)23(30(39)44-7)36(22)49-26(32(41)46-9)27(50-36)33(42)47-10/h11-17H,1-10H3. The molecule has 0 radical (unpaired) electrons. The van der Waals surface area contributed by atoms with E-state index in [0.717, 1.165) is 40.8 Å². The summed E-state index contributed by atoms with van der Waals surface area (Å²) in [5.41, 5.74) is 1.25. The summed E-state index contributed by atoms with van der Waals surface area (Å²) in [5.74, 6) is -3.43. The molecule has 3 aliphatic rings. The maximum absolute atomic E-state index is 14.8. The number of para-hydroxylation sites is 1. The van der Waals surface area contributed by atoms with Gasteiger partial charge in [-0.3, -0.25) is 9.69 Å². The molecule has 1 spiro atoms. The molecule has 0 saturated heterocycles. The van der Waals surface area contributed by atoms with Crippen LogP contribution in [0.15, 0.2) is 67.7 Å². The first-order valence-electron chi connectivity index (χ1n) is 15.3. The van der Waals surface area contributed by atoms with E-state index >= 15 is 0 Å². The summed E-state index contributed by atoms with van der Waals surface area (Å²) in [6.45, 7) is 9.89. The van der Waals surface area contributed by atoms with Gasteiger partial charge in [-0.2, -0.15) is 0 Å². The second kappa shape index (κ2) is 13.5. The first-order valence-corrected chi connectivity index (χ1v) is 17.7. The molecular weight excluding hydrogens is 703 g/mol. The third-order valence-corrected chi connectivity index (χ3v) is 13.2. The van der Waals surface area contributed by atoms with Crippen LogP contribution < -0.4 is 9.64 Å². The van der Waals surface area contributed by atoms with Crippen molar-refractivity contribution in [3.63, 3.8) is 0 Å². The summed E-state index contributed by atoms with van der Waals surface area (Å²) in [6, 6.07) is 12.6. The molecule has 14 heteroatoms. The highest BCUT2D eigenvalue weighted by Crippen LogP contribution is 2.71. The van der Waals surface area contributed by atoms with Crippen molar-refractivity contribution < 1.29 is 47.7 Å². The molecule has 0 N–H and O–H groups in total. The number of thioether (sulfide) groups is 3. The van der Waals surface area contributed by atoms with Crippen LogP contribution in [-0.2, 0) is 43.5 Å². The Morgan fingerprint density at radius 2 is 1.22 bits per heavy atom. The molecule has 2 aromatic carbocycles. The summed E-state index contributed by atoms with van der Waals surface area (Å²) in [7, 11) is 6.16. The zero-order valence-corrected chi connectivity index (χ0v) is 31.7. The zero-order chi connectivity index (χ0) is 36.9. The minimum Gasteiger partial charge on any atom is -0.495 e. The fourth-order valence-electron chi connectivity index (χ4n) is 6.08. The van der Waals surface area contributed by atoms with E-state index in [1.807, 2.05) is 26.0 Å². The van der Waals surface area contributed by atoms with E-state index in [1.54, 1.807) is 35.2 Å². The largest absolute Gasteiger partial charge is 0.495 e. The number of nitrogens with zero attached hydrogens (tertiary/aromatic N) is 1. The van der Waals surface area contributed by atoms with Crippen LogP contribution in [0.3, 0.4) is 0 Å². The lowest BCUT2D eigenvalue weighted by atomic mass is 9.82. The Balaban J connectivity index is 1.87. The van der Waals surface area contributed by atoms with Crippen molar-refractivity contribution in [1.82, 2.24) is 0 Å². The van der Waals surface area contributed by atoms with Crippen molar-refractivity contribution in [2.45, 2.75) is 49.7 Å². The SMILES string of the molecule is COC(=O)C1=C(C(=O)OC)SC2(S1)C(C(=O)OC)=C(C(=O)OC)SC1=C2c2cccc(OC)c2N(C(=O)c2ccc(C(C)(C)C)cc2)C1(C)C. The zero-order valence-electron chi connectivity index (χ0n) is 29.3. The van der Waals surface area contributed by atoms with Crippen LogP contribution >= 0.6 is 35.3 Å². The lowest BCUT2D eigenvalue weighted by Crippen LogP contribution is -2.54. The second-order valence-electron chi connectivity index (χ2n) is 12.8. The lowest BCUT2D eigenvalue weighted by Gasteiger charge is -2.51. The lowest BCUT2D eigenvalue weighted by molar-refractivity contribution is -0.138. The van der Waals surface area contributed by atoms with E-state index in [2.05, 4.69) is 20.8 Å². The number of benzene rings is 2. The number of fused-ring (bicyclic) bond motifs is 3. The monoisotopic (exact) mass is 739 g/mol. The number of amides is 1. The summed E-state index contributed by atoms with van der Waals surface area (Å²) in [5, 5.41) is 0. The number of carbonyl (C=O) groups excluding carboxylic acids is 5. The van der Waals surface area contributed by atoms with Crippen molar-refractivity contribution in [3.05, 3.63) is 84.3 Å². The van der Waals surface area contributed by atoms with Crippen LogP contribution in [0.5, 0.6) is 5.75 Å². The van der Waals surface area contributed by atoms with Gasteiger partial charge in [0.25, 0.3) is 5.91 Å². The van der Waals surface area contributed by atoms with E-state index < -0.39 is 33.5 Å². The molecule has 0 fully saturated rings. The fraction of sp³-hybridized carbons (Fsp3) is 0.361. The Morgan fingerprint density at radius 1 is 0.700 bits per heavy atom. The molecule has 50 heavy (non-hydrogen) atoms. The van der Waals surface area contributed by atoms with Gasteiger partial charge in [-0.15, -0.1) is 0 Å². The van der Waals surface area contributed by atoms with Crippen molar-refractivity contribution in [2.24, 2.45) is 0 Å². The number of rotatable bonds is 6. The quantitative estimate of drug-likeness (QED) is 0.245. The molecule has 3 heterocycles. The Hall–Kier alpha value is -4.14. The molecule has 0 unspecified atom stereocenters. The van der Waals surface area contributed by atoms with Crippen LogP contribution in [0.2, 0.25) is 0 Å². The van der Waals surface area contributed by atoms with Crippen molar-refractivity contribution in [1.29, 1.82) is 0 Å². The smallest absolute Gasteiger partial charge is 0.345 e. The molecule has 0 bridgehead atoms. The van der Waals surface area contributed by atoms with Crippen molar-refractivity contribution in [2.75, 3.05) is 40.4 Å². The number of ether oxygens (including phenoxy) is 5. The highest BCUT2D eigenvalue weighted by Gasteiger charge is 2.62. The second-order valence-corrected chi connectivity index (χ2v) is 16.6. The topological polar surface area (TPSA) is 135 Å². The van der Waals surface area contributed by atoms with Gasteiger partial charge < -0.3 is 23.7 Å². The van der Waals surface area contributed by atoms with Crippen LogP contribution in [0, 0.1) is 0 Å². The van der Waals surface area contributed by atoms with Crippen molar-refractivity contribution in [3.8, 4) is 5.75 Å². The molecule has 0 saturated carbocycles. The summed E-state index contributed by atoms with van der Waals surface area (Å²) in [6.07, 6.45) is 0. The van der Waals surface area contributed by atoms with Gasteiger partial charge in [0.2, 0.25) is 0 Å². The van der Waals surface area contributed by atoms with Gasteiger partial charge in [-0.1, -0.05) is 80.3 Å². The molecule has 3 aliphatic heterocycles. The molecule has 11 nitrogen and oxygen atoms in total. The van der Waals surface area contributed by atoms with Gasteiger partial charge in [-0.25, -0.2) is 19.2 Å². The number of methoxy groups -OCH3 is 5. The third kappa shape index (κ3) is 5.80. The Labute approximate surface area is 303 Å². The maximum Gasteiger partial charge on any atom is 0.345 e. The highest BCUT2D eigenvalue weighted by atomic mass is 32.2. The van der Waals surface area contributed by atoms with Gasteiger partial charge in [0.05, 0.1) is 52.3 Å². The first-order chi connectivity index (χ1) is 23.5. The van der Waals surface area contributed by atoms with Crippen LogP contribution in [0.4, 0.5) is 5.69 Å². The Kier molecular flexibility index (Phi) is 10.0. The number of anilines is 1. The average molecular weight is 740 g/mol. The summed E-state index contributed by atoms with van der Waals surface area (Å²) in [4.78, 5) is 70.5. The minimum atomic E-state index is -1.70. The molecular formula is C36H37NO10S3. The van der Waals surface area contributed by atoms with Crippen LogP contribution in [0.1, 0.15) is 56.1 Å². The normalized spacial score (nSPS) is 17.6. The minimum absolute atomic E-state index is 0.130. The third-order valence-electron chi connectivity index (χ3n) is 8.54. The van der Waals surface area contributed by atoms with Gasteiger partial charge in [-0.05, 0) is 43.0 Å². The predicted octanol–water partition coefficient (Wildman–Crippen LogP) is 6.22. The molecule has 0 aliphatic carbocycles. The van der Waals surface area contributed by atoms with Gasteiger partial charge in [0, 0.05) is 21.6 Å². The van der Waals surface area contributed by atoms with E-state index in [4.69, 9.17) is 23.7 Å². The van der Waals surface area contributed by atoms with E-state index in [0.29, 0.717) is 33.0 Å². The molecule has 0 aromatic heterocycles. The van der Waals surface area contributed by atoms with E-state index in [-0.39, 0.29) is 31.6 Å². The maximum atomic E-state index is 14.8. The number of hydrogen-bond acceptors (Lipinski definition) is 13. The van der Waals surface area contributed by atoms with Gasteiger partial charge in [0.1, 0.15) is 24.5 Å².